The van der Waals surface area contributed by atoms with Crippen LogP contribution in [0.15, 0.2) is 0 Å². The molecule has 0 N–H and O–H groups in total. The summed E-state index contributed by atoms with van der Waals surface area (Å²) >= 11 is 0. The second-order valence-electron chi connectivity index (χ2n) is 12.1. The Morgan fingerprint density at radius 3 is 1.03 bits per heavy atom. The van der Waals surface area contributed by atoms with E-state index in [1.807, 2.05) is 14.1 Å². The molecule has 0 saturated carbocycles. The van der Waals surface area contributed by atoms with Gasteiger partial charge in [0.15, 0.2) is 5.78 Å². The molecule has 0 saturated heterocycles. The third-order valence-corrected chi connectivity index (χ3v) is 7.30. The van der Waals surface area contributed by atoms with Crippen LogP contribution >= 0.6 is 0 Å². The summed E-state index contributed by atoms with van der Waals surface area (Å²) in [5.74, 6) is 0.483. The van der Waals surface area contributed by atoms with E-state index in [1.54, 1.807) is 0 Å². The first kappa shape index (κ1) is 38.4. The summed E-state index contributed by atoms with van der Waals surface area (Å²) in [6.07, 6.45) is 31.1. The molecule has 0 aromatic heterocycles. The van der Waals surface area contributed by atoms with Gasteiger partial charge in [0.05, 0.1) is 20.5 Å². The summed E-state index contributed by atoms with van der Waals surface area (Å²) in [4.78, 5) is 25.1. The SMILES string of the molecule is CCC.CCCCCCCCCCCCCC(=O)C[N+](C)(C)C(=O)CCCCCCCCCCCCC. The Morgan fingerprint density at radius 1 is 0.432 bits per heavy atom. The first-order chi connectivity index (χ1) is 17.9. The predicted octanol–water partition coefficient (Wildman–Crippen LogP) is 11.0. The Kier molecular flexibility index (Phi) is 31.0. The van der Waals surface area contributed by atoms with Crippen LogP contribution in [0.1, 0.15) is 188 Å². The summed E-state index contributed by atoms with van der Waals surface area (Å²) in [5.41, 5.74) is 0. The van der Waals surface area contributed by atoms with E-state index in [1.165, 1.54) is 122 Å². The van der Waals surface area contributed by atoms with Crippen LogP contribution in [0.5, 0.6) is 0 Å². The first-order valence-electron chi connectivity index (χ1n) is 16.7. The van der Waals surface area contributed by atoms with Crippen molar-refractivity contribution in [2.24, 2.45) is 0 Å². The molecule has 3 nitrogen and oxygen atoms in total. The van der Waals surface area contributed by atoms with E-state index in [0.717, 1.165) is 25.7 Å². The van der Waals surface area contributed by atoms with Crippen molar-refractivity contribution >= 4 is 11.7 Å². The summed E-state index contributed by atoms with van der Waals surface area (Å²) < 4.78 is 0.231. The molecule has 0 atom stereocenters. The second kappa shape index (κ2) is 29.9. The molecule has 0 heterocycles. The van der Waals surface area contributed by atoms with E-state index in [-0.39, 0.29) is 16.2 Å². The van der Waals surface area contributed by atoms with E-state index in [4.69, 9.17) is 0 Å². The first-order valence-corrected chi connectivity index (χ1v) is 16.7. The summed E-state index contributed by atoms with van der Waals surface area (Å²) in [6.45, 7) is 9.15. The highest BCUT2D eigenvalue weighted by Gasteiger charge is 2.28. The van der Waals surface area contributed by atoms with Crippen molar-refractivity contribution in [3.8, 4) is 0 Å². The fourth-order valence-corrected chi connectivity index (χ4v) is 4.84. The van der Waals surface area contributed by atoms with E-state index in [0.29, 0.717) is 19.4 Å². The zero-order valence-electron chi connectivity index (χ0n) is 26.6. The number of nitrogens with zero attached hydrogens (tertiary/aromatic N) is 1. The van der Waals surface area contributed by atoms with Crippen LogP contribution in [0.25, 0.3) is 0 Å². The van der Waals surface area contributed by atoms with Gasteiger partial charge in [0.2, 0.25) is 0 Å². The van der Waals surface area contributed by atoms with E-state index < -0.39 is 0 Å². The molecule has 222 valence electrons. The van der Waals surface area contributed by atoms with Crippen LogP contribution in [0, 0.1) is 0 Å². The molecule has 0 aliphatic rings. The van der Waals surface area contributed by atoms with Crippen molar-refractivity contribution in [2.75, 3.05) is 20.6 Å². The number of hydrogen-bond donors (Lipinski definition) is 0. The number of carbonyl (C=O) groups excluding carboxylic acids is 2. The maximum absolute atomic E-state index is 12.6. The molecule has 0 spiro atoms. The molecule has 0 radical (unpaired) electrons. The summed E-state index contributed by atoms with van der Waals surface area (Å²) in [5, 5.41) is 0. The zero-order chi connectivity index (χ0) is 28.0. The largest absolute Gasteiger partial charge is 0.313 e. The van der Waals surface area contributed by atoms with Gasteiger partial charge in [-0.2, -0.15) is 0 Å². The van der Waals surface area contributed by atoms with Gasteiger partial charge in [0.25, 0.3) is 0 Å². The fourth-order valence-electron chi connectivity index (χ4n) is 4.84. The molecular formula is C34H70NO2+. The normalized spacial score (nSPS) is 11.3. The number of hydrogen-bond acceptors (Lipinski definition) is 2. The molecule has 0 aliphatic heterocycles. The second-order valence-corrected chi connectivity index (χ2v) is 12.1. The molecule has 0 aliphatic carbocycles. The average molecular weight is 525 g/mol. The topological polar surface area (TPSA) is 34.1 Å². The number of likely N-dealkylation sites (N-methyl/N-ethyl adjacent to an activating group) is 1. The predicted molar refractivity (Wildman–Crippen MR) is 165 cm³/mol. The van der Waals surface area contributed by atoms with Gasteiger partial charge in [-0.3, -0.25) is 9.28 Å². The van der Waals surface area contributed by atoms with Gasteiger partial charge in [-0.05, 0) is 12.8 Å². The van der Waals surface area contributed by atoms with E-state index in [2.05, 4.69) is 27.7 Å². The number of rotatable bonds is 26. The molecule has 0 bridgehead atoms. The Balaban J connectivity index is 0. The van der Waals surface area contributed by atoms with Gasteiger partial charge in [0, 0.05) is 6.42 Å². The zero-order valence-corrected chi connectivity index (χ0v) is 26.6. The van der Waals surface area contributed by atoms with Crippen LogP contribution in [0.3, 0.4) is 0 Å². The molecule has 0 unspecified atom stereocenters. The van der Waals surface area contributed by atoms with Crippen LogP contribution in [0.4, 0.5) is 0 Å². The third kappa shape index (κ3) is 29.7. The van der Waals surface area contributed by atoms with Crippen LogP contribution in [0.2, 0.25) is 0 Å². The number of amides is 1. The molecule has 3 heteroatoms. The Hall–Kier alpha value is -0.700. The number of ketones is 1. The number of unbranched alkanes of at least 4 members (excludes halogenated alkanes) is 20. The van der Waals surface area contributed by atoms with Gasteiger partial charge in [-0.1, -0.05) is 163 Å². The highest BCUT2D eigenvalue weighted by Crippen LogP contribution is 2.15. The van der Waals surface area contributed by atoms with Crippen LogP contribution in [-0.2, 0) is 9.59 Å². The van der Waals surface area contributed by atoms with Gasteiger partial charge in [-0.15, -0.1) is 0 Å². The van der Waals surface area contributed by atoms with E-state index >= 15 is 0 Å². The van der Waals surface area contributed by atoms with Crippen LogP contribution in [-0.4, -0.2) is 36.8 Å². The molecule has 37 heavy (non-hydrogen) atoms. The van der Waals surface area contributed by atoms with Crippen molar-refractivity contribution in [3.63, 3.8) is 0 Å². The minimum Gasteiger partial charge on any atom is -0.293 e. The summed E-state index contributed by atoms with van der Waals surface area (Å²) in [7, 11) is 3.83. The number of carbonyl (C=O) groups is 2. The maximum Gasteiger partial charge on any atom is 0.313 e. The van der Waals surface area contributed by atoms with Crippen molar-refractivity contribution in [1.82, 2.24) is 0 Å². The van der Waals surface area contributed by atoms with Gasteiger partial charge >= 0.3 is 5.91 Å². The molecule has 0 rings (SSSR count). The highest BCUT2D eigenvalue weighted by atomic mass is 16.2. The lowest BCUT2D eigenvalue weighted by molar-refractivity contribution is -0.805. The third-order valence-electron chi connectivity index (χ3n) is 7.30. The standard InChI is InChI=1S/C31H62NO2.C3H8/c1-5-7-9-11-13-15-17-19-21-23-25-27-30(33)29-32(3,4)31(34)28-26-24-22-20-18-16-14-12-10-8-6-2;1-3-2/h5-29H2,1-4H3;3H2,1-2H3/q+1;. The minimum absolute atomic E-state index is 0.225. The lowest BCUT2D eigenvalue weighted by Gasteiger charge is -2.26. The lowest BCUT2D eigenvalue weighted by atomic mass is 10.0. The van der Waals surface area contributed by atoms with Crippen LogP contribution < -0.4 is 0 Å². The van der Waals surface area contributed by atoms with Crippen molar-refractivity contribution in [1.29, 1.82) is 0 Å². The Bertz CT molecular complexity index is 486. The lowest BCUT2D eigenvalue weighted by Crippen LogP contribution is -2.48. The smallest absolute Gasteiger partial charge is 0.293 e. The minimum atomic E-state index is 0.225. The van der Waals surface area contributed by atoms with Crippen molar-refractivity contribution < 1.29 is 14.1 Å². The average Bonchev–Trinajstić information content (AvgIpc) is 2.86. The summed E-state index contributed by atoms with van der Waals surface area (Å²) in [6, 6.07) is 0. The van der Waals surface area contributed by atoms with Gasteiger partial charge < -0.3 is 0 Å². The Morgan fingerprint density at radius 2 is 0.703 bits per heavy atom. The number of Topliss-reactive ketones (excluding diaryl/α,β-unsaturated/α-hetero) is 1. The molecule has 0 aromatic rings. The van der Waals surface area contributed by atoms with Gasteiger partial charge in [0.1, 0.15) is 6.54 Å². The monoisotopic (exact) mass is 525 g/mol. The molecular weight excluding hydrogens is 454 g/mol. The maximum atomic E-state index is 12.6. The molecule has 0 fully saturated rings. The van der Waals surface area contributed by atoms with Crippen molar-refractivity contribution in [2.45, 2.75) is 188 Å². The van der Waals surface area contributed by atoms with Crippen molar-refractivity contribution in [3.05, 3.63) is 0 Å². The van der Waals surface area contributed by atoms with Gasteiger partial charge in [-0.25, -0.2) is 4.79 Å². The Labute approximate surface area is 234 Å². The molecule has 0 aromatic carbocycles. The van der Waals surface area contributed by atoms with E-state index in [9.17, 15) is 9.59 Å². The highest BCUT2D eigenvalue weighted by molar-refractivity contribution is 5.81. The quantitative estimate of drug-likeness (QED) is 0.0832. The number of quaternary nitrogens is 1. The fraction of sp³-hybridized carbons (Fsp3) is 0.941. The molecule has 1 amide bonds.